The van der Waals surface area contributed by atoms with Crippen LogP contribution in [0.1, 0.15) is 35.8 Å². The second-order valence-corrected chi connectivity index (χ2v) is 7.18. The standard InChI is InChI=1S/C20H25N7/c1-15-5-3-7-18(24-15)25-20-19(21-8-9-22-20)16-6-4-10-27(11-16)13-17-12-26(2)14-23-17/h3,5,7-9,12,14,16H,4,6,10-11,13H2,1-2H3,(H,22,24,25)/t16-/m0/s1. The van der Waals surface area contributed by atoms with E-state index in [-0.39, 0.29) is 0 Å². The minimum atomic E-state index is 0.350. The van der Waals surface area contributed by atoms with Crippen molar-refractivity contribution in [3.8, 4) is 0 Å². The molecule has 7 nitrogen and oxygen atoms in total. The van der Waals surface area contributed by atoms with Gasteiger partial charge >= 0.3 is 0 Å². The predicted octanol–water partition coefficient (Wildman–Crippen LogP) is 3.04. The number of aryl methyl sites for hydroxylation is 2. The maximum absolute atomic E-state index is 4.67. The average Bonchev–Trinajstić information content (AvgIpc) is 3.07. The Balaban J connectivity index is 1.50. The number of imidazole rings is 1. The van der Waals surface area contributed by atoms with Crippen LogP contribution in [0.15, 0.2) is 43.1 Å². The van der Waals surface area contributed by atoms with E-state index in [1.165, 1.54) is 0 Å². The smallest absolute Gasteiger partial charge is 0.153 e. The van der Waals surface area contributed by atoms with Gasteiger partial charge in [-0.3, -0.25) is 9.88 Å². The molecule has 1 atom stereocenters. The van der Waals surface area contributed by atoms with Gasteiger partial charge in [-0.05, 0) is 38.4 Å². The Morgan fingerprint density at radius 2 is 2.07 bits per heavy atom. The van der Waals surface area contributed by atoms with Gasteiger partial charge in [0.1, 0.15) is 5.82 Å². The van der Waals surface area contributed by atoms with Crippen molar-refractivity contribution in [2.24, 2.45) is 7.05 Å². The van der Waals surface area contributed by atoms with Crippen molar-refractivity contribution in [2.45, 2.75) is 32.2 Å². The van der Waals surface area contributed by atoms with Gasteiger partial charge < -0.3 is 9.88 Å². The summed E-state index contributed by atoms with van der Waals surface area (Å²) in [5, 5.41) is 3.36. The van der Waals surface area contributed by atoms with Crippen LogP contribution >= 0.6 is 0 Å². The number of aromatic nitrogens is 5. The lowest BCUT2D eigenvalue weighted by Crippen LogP contribution is -2.34. The molecular weight excluding hydrogens is 338 g/mol. The van der Waals surface area contributed by atoms with Crippen LogP contribution in [0.4, 0.5) is 11.6 Å². The summed E-state index contributed by atoms with van der Waals surface area (Å²) >= 11 is 0. The lowest BCUT2D eigenvalue weighted by molar-refractivity contribution is 0.197. The van der Waals surface area contributed by atoms with Crippen molar-refractivity contribution < 1.29 is 0 Å². The molecule has 1 aliphatic heterocycles. The molecule has 27 heavy (non-hydrogen) atoms. The van der Waals surface area contributed by atoms with Crippen LogP contribution < -0.4 is 5.32 Å². The third-order valence-corrected chi connectivity index (χ3v) is 4.90. The van der Waals surface area contributed by atoms with Gasteiger partial charge in [0.05, 0.1) is 17.7 Å². The molecule has 0 radical (unpaired) electrons. The molecule has 1 aliphatic rings. The number of likely N-dealkylation sites (tertiary alicyclic amines) is 1. The van der Waals surface area contributed by atoms with E-state index >= 15 is 0 Å². The summed E-state index contributed by atoms with van der Waals surface area (Å²) in [5.74, 6) is 1.96. The van der Waals surface area contributed by atoms with Crippen LogP contribution in [0.2, 0.25) is 0 Å². The average molecular weight is 363 g/mol. The molecule has 0 aromatic carbocycles. The lowest BCUT2D eigenvalue weighted by Gasteiger charge is -2.32. The lowest BCUT2D eigenvalue weighted by atomic mass is 9.94. The number of nitrogens with zero attached hydrogens (tertiary/aromatic N) is 6. The normalized spacial score (nSPS) is 17.8. The summed E-state index contributed by atoms with van der Waals surface area (Å²) in [5.41, 5.74) is 3.11. The third kappa shape index (κ3) is 4.31. The quantitative estimate of drug-likeness (QED) is 0.751. The minimum Gasteiger partial charge on any atom is -0.340 e. The molecule has 0 aliphatic carbocycles. The largest absolute Gasteiger partial charge is 0.340 e. The number of piperidine rings is 1. The number of hydrogen-bond donors (Lipinski definition) is 1. The van der Waals surface area contributed by atoms with E-state index in [4.69, 9.17) is 0 Å². The fourth-order valence-corrected chi connectivity index (χ4v) is 3.68. The zero-order chi connectivity index (χ0) is 18.6. The van der Waals surface area contributed by atoms with Gasteiger partial charge in [-0.2, -0.15) is 0 Å². The Hall–Kier alpha value is -2.80. The summed E-state index contributed by atoms with van der Waals surface area (Å²) in [6.45, 7) is 4.92. The number of hydrogen-bond acceptors (Lipinski definition) is 6. The van der Waals surface area contributed by atoms with Gasteiger partial charge in [0, 0.05) is 50.3 Å². The van der Waals surface area contributed by atoms with Gasteiger partial charge in [0.15, 0.2) is 5.82 Å². The highest BCUT2D eigenvalue weighted by Crippen LogP contribution is 2.30. The van der Waals surface area contributed by atoms with E-state index in [9.17, 15) is 0 Å². The highest BCUT2D eigenvalue weighted by atomic mass is 15.2. The predicted molar refractivity (Wildman–Crippen MR) is 105 cm³/mol. The summed E-state index contributed by atoms with van der Waals surface area (Å²) < 4.78 is 2.00. The Bertz CT molecular complexity index is 905. The molecule has 140 valence electrons. The van der Waals surface area contributed by atoms with E-state index in [1.807, 2.05) is 43.1 Å². The first-order valence-electron chi connectivity index (χ1n) is 9.38. The Labute approximate surface area is 159 Å². The summed E-state index contributed by atoms with van der Waals surface area (Å²) in [7, 11) is 2.01. The number of anilines is 2. The first-order valence-corrected chi connectivity index (χ1v) is 9.38. The highest BCUT2D eigenvalue weighted by molar-refractivity contribution is 5.55. The number of rotatable bonds is 5. The first-order chi connectivity index (χ1) is 13.2. The molecule has 0 unspecified atom stereocenters. The van der Waals surface area contributed by atoms with E-state index in [0.717, 1.165) is 61.2 Å². The second kappa shape index (κ2) is 7.84. The van der Waals surface area contributed by atoms with Crippen molar-refractivity contribution in [1.29, 1.82) is 0 Å². The van der Waals surface area contributed by atoms with E-state index < -0.39 is 0 Å². The Morgan fingerprint density at radius 3 is 2.89 bits per heavy atom. The molecule has 3 aromatic rings. The van der Waals surface area contributed by atoms with Crippen molar-refractivity contribution in [2.75, 3.05) is 18.4 Å². The van der Waals surface area contributed by atoms with Crippen molar-refractivity contribution >= 4 is 11.6 Å². The maximum Gasteiger partial charge on any atom is 0.153 e. The molecule has 0 amide bonds. The molecular formula is C20H25N7. The summed E-state index contributed by atoms with van der Waals surface area (Å²) in [4.78, 5) is 20.7. The van der Waals surface area contributed by atoms with Gasteiger partial charge in [0.25, 0.3) is 0 Å². The van der Waals surface area contributed by atoms with Crippen LogP contribution in [0.3, 0.4) is 0 Å². The van der Waals surface area contributed by atoms with Crippen molar-refractivity contribution in [3.05, 3.63) is 60.2 Å². The fraction of sp³-hybridized carbons (Fsp3) is 0.400. The van der Waals surface area contributed by atoms with Crippen molar-refractivity contribution in [1.82, 2.24) is 29.4 Å². The van der Waals surface area contributed by atoms with Crippen LogP contribution in [-0.4, -0.2) is 42.5 Å². The maximum atomic E-state index is 4.67. The summed E-state index contributed by atoms with van der Waals surface area (Å²) in [6, 6.07) is 5.94. The van der Waals surface area contributed by atoms with E-state index in [1.54, 1.807) is 12.4 Å². The monoisotopic (exact) mass is 363 g/mol. The molecule has 4 heterocycles. The molecule has 1 saturated heterocycles. The van der Waals surface area contributed by atoms with Crippen LogP contribution in [-0.2, 0) is 13.6 Å². The Kier molecular flexibility index (Phi) is 5.11. The van der Waals surface area contributed by atoms with Crippen LogP contribution in [0.25, 0.3) is 0 Å². The first kappa shape index (κ1) is 17.6. The molecule has 3 aromatic heterocycles. The molecule has 0 bridgehead atoms. The zero-order valence-corrected chi connectivity index (χ0v) is 15.8. The van der Waals surface area contributed by atoms with Gasteiger partial charge in [0.2, 0.25) is 0 Å². The molecule has 7 heteroatoms. The van der Waals surface area contributed by atoms with Crippen molar-refractivity contribution in [3.63, 3.8) is 0 Å². The molecule has 4 rings (SSSR count). The summed E-state index contributed by atoms with van der Waals surface area (Å²) in [6.07, 6.45) is 9.72. The van der Waals surface area contributed by atoms with E-state index in [2.05, 4.69) is 36.3 Å². The van der Waals surface area contributed by atoms with Gasteiger partial charge in [-0.1, -0.05) is 6.07 Å². The molecule has 1 N–H and O–H groups in total. The van der Waals surface area contributed by atoms with Crippen LogP contribution in [0, 0.1) is 6.92 Å². The highest BCUT2D eigenvalue weighted by Gasteiger charge is 2.25. The van der Waals surface area contributed by atoms with Crippen LogP contribution in [0.5, 0.6) is 0 Å². The van der Waals surface area contributed by atoms with E-state index in [0.29, 0.717) is 5.92 Å². The molecule has 0 spiro atoms. The minimum absolute atomic E-state index is 0.350. The van der Waals surface area contributed by atoms with Gasteiger partial charge in [-0.15, -0.1) is 0 Å². The SMILES string of the molecule is Cc1cccc(Nc2nccnc2[C@H]2CCCN(Cc3cn(C)cn3)C2)n1. The topological polar surface area (TPSA) is 71.8 Å². The third-order valence-electron chi connectivity index (χ3n) is 4.90. The number of nitrogens with one attached hydrogen (secondary N) is 1. The number of pyridine rings is 1. The molecule has 0 saturated carbocycles. The Morgan fingerprint density at radius 1 is 1.19 bits per heavy atom. The van der Waals surface area contributed by atoms with Gasteiger partial charge in [-0.25, -0.2) is 15.0 Å². The molecule has 1 fully saturated rings. The second-order valence-electron chi connectivity index (χ2n) is 7.18. The zero-order valence-electron chi connectivity index (χ0n) is 15.8. The fourth-order valence-electron chi connectivity index (χ4n) is 3.68.